The third kappa shape index (κ3) is 10.8. The predicted molar refractivity (Wildman–Crippen MR) is 263 cm³/mol. The molecule has 8 aromatic rings. The minimum absolute atomic E-state index is 0.00907. The quantitative estimate of drug-likeness (QED) is 0.110. The van der Waals surface area contributed by atoms with E-state index >= 15 is 0 Å². The van der Waals surface area contributed by atoms with E-state index < -0.39 is 31.9 Å². The molecule has 1 aliphatic rings. The first-order chi connectivity index (χ1) is 34.6. The van der Waals surface area contributed by atoms with E-state index in [0.717, 1.165) is 59.2 Å². The van der Waals surface area contributed by atoms with Crippen molar-refractivity contribution in [3.05, 3.63) is 221 Å². The zero-order valence-corrected chi connectivity index (χ0v) is 36.0. The third-order valence-electron chi connectivity index (χ3n) is 12.2. The maximum Gasteiger partial charge on any atom is 0.0708 e. The van der Waals surface area contributed by atoms with Gasteiger partial charge in [-0.25, -0.2) is 0 Å². The van der Waals surface area contributed by atoms with Gasteiger partial charge in [0.1, 0.15) is 0 Å². The van der Waals surface area contributed by atoms with Gasteiger partial charge in [0, 0.05) is 49.0 Å². The highest BCUT2D eigenvalue weighted by Crippen LogP contribution is 2.43. The second kappa shape index (κ2) is 19.3. The van der Waals surface area contributed by atoms with Gasteiger partial charge in [-0.2, -0.15) is 0 Å². The van der Waals surface area contributed by atoms with E-state index in [4.69, 9.17) is 14.1 Å². The van der Waals surface area contributed by atoms with Crippen LogP contribution in [0.2, 0.25) is 0 Å². The number of hydrogen-bond acceptors (Lipinski definition) is 3. The maximum absolute atomic E-state index is 9.86. The van der Waals surface area contributed by atoms with Gasteiger partial charge in [-0.1, -0.05) is 159 Å². The first kappa shape index (κ1) is 31.4. The number of pyridine rings is 3. The first-order valence-electron chi connectivity index (χ1n) is 27.0. The molecule has 9 rings (SSSR count). The number of rotatable bonds is 14. The Kier molecular flexibility index (Phi) is 9.62. The molecule has 1 aliphatic carbocycles. The van der Waals surface area contributed by atoms with Crippen LogP contribution in [0.5, 0.6) is 0 Å². The lowest BCUT2D eigenvalue weighted by Gasteiger charge is -2.34. The molecule has 1 fully saturated rings. The number of benzene rings is 5. The smallest absolute Gasteiger partial charge is 0.0708 e. The lowest BCUT2D eigenvalue weighted by molar-refractivity contribution is 0.224. The molecule has 0 radical (unpaired) electrons. The summed E-state index contributed by atoms with van der Waals surface area (Å²) in [5.74, 6) is -0.733. The Balaban J connectivity index is 1.07. The van der Waals surface area contributed by atoms with E-state index in [9.17, 15) is 9.60 Å². The molecule has 0 aliphatic heterocycles. The summed E-state index contributed by atoms with van der Waals surface area (Å²) in [6.07, 6.45) is 1.59. The second-order valence-corrected chi connectivity index (χ2v) is 17.4. The van der Waals surface area contributed by atoms with Crippen LogP contribution in [-0.4, -0.2) is 15.0 Å². The van der Waals surface area contributed by atoms with E-state index in [2.05, 4.69) is 18.8 Å². The van der Waals surface area contributed by atoms with Crippen molar-refractivity contribution < 1.29 is 13.7 Å². The van der Waals surface area contributed by atoms with Gasteiger partial charge in [0.15, 0.2) is 0 Å². The highest BCUT2D eigenvalue weighted by Gasteiger charge is 2.27. The summed E-state index contributed by atoms with van der Waals surface area (Å²) in [6.45, 7) is 2.28. The highest BCUT2D eigenvalue weighted by molar-refractivity contribution is 5.73. The van der Waals surface area contributed by atoms with Crippen molar-refractivity contribution >= 4 is 0 Å². The molecule has 0 bridgehead atoms. The average Bonchev–Trinajstić information content (AvgIpc) is 3.39. The molecule has 3 heteroatoms. The van der Waals surface area contributed by atoms with Crippen molar-refractivity contribution in [1.82, 2.24) is 15.0 Å². The molecule has 0 spiro atoms. The van der Waals surface area contributed by atoms with E-state index in [1.54, 1.807) is 54.7 Å². The summed E-state index contributed by atoms with van der Waals surface area (Å²) in [7, 11) is 0. The van der Waals surface area contributed by atoms with Crippen molar-refractivity contribution in [2.75, 3.05) is 0 Å². The maximum atomic E-state index is 9.86. The summed E-state index contributed by atoms with van der Waals surface area (Å²) >= 11 is 0. The number of hydrogen-bond donors (Lipinski definition) is 0. The van der Waals surface area contributed by atoms with Crippen LogP contribution >= 0.6 is 0 Å². The van der Waals surface area contributed by atoms with Crippen molar-refractivity contribution in [2.45, 2.75) is 90.7 Å². The standard InChI is InChI=1S/C60H59N3/c1-43-14-23-54(24-15-43)58-31-22-45(41-62-58)17-19-47-36-46(18-16-44-21-30-57(61-40-44)52-10-6-4-7-11-52)37-48(38-47)20-25-55-42-63-59(53-12-8-5-9-13-53)39-56(55)51-28-26-49(27-29-51)50-32-34-60(2,3)35-33-50/h4-15,21-24,26-31,36-42,50H,16-20,25,32-35H2,1-3H3/i1D3,19D2,20D2,25D2,50D. The van der Waals surface area contributed by atoms with Gasteiger partial charge in [-0.05, 0) is 150 Å². The van der Waals surface area contributed by atoms with Crippen LogP contribution in [0.15, 0.2) is 176 Å². The minimum Gasteiger partial charge on any atom is -0.256 e. The third-order valence-corrected chi connectivity index (χ3v) is 12.2. The van der Waals surface area contributed by atoms with Crippen LogP contribution in [0, 0.1) is 12.3 Å². The number of nitrogens with zero attached hydrogens (tertiary/aromatic N) is 3. The first-order valence-corrected chi connectivity index (χ1v) is 22.0. The molecule has 5 aromatic carbocycles. The molecule has 0 amide bonds. The SMILES string of the molecule is [2H]C([2H])([2H])c1ccc(-c2ccc(CC([2H])([2H])c3cc(CCc4ccc(-c5ccccc5)nc4)cc(C([2H])([2H])C([2H])([2H])c4cnc(-c5ccccc5)cc4-c4ccc(C5([2H])CCC(C)(C)CC5)cc4)c3)cn2)cc1. The number of aromatic nitrogens is 3. The monoisotopic (exact) mass is 832 g/mol. The Bertz CT molecular complexity index is 3160. The van der Waals surface area contributed by atoms with Crippen molar-refractivity contribution in [2.24, 2.45) is 5.41 Å². The highest BCUT2D eigenvalue weighted by atomic mass is 14.7. The van der Waals surface area contributed by atoms with E-state index in [1.165, 1.54) is 12.3 Å². The molecule has 0 atom stereocenters. The summed E-state index contributed by atoms with van der Waals surface area (Å²) in [4.78, 5) is 14.1. The second-order valence-electron chi connectivity index (χ2n) is 17.4. The van der Waals surface area contributed by atoms with Gasteiger partial charge >= 0.3 is 0 Å². The van der Waals surface area contributed by atoms with Gasteiger partial charge in [-0.15, -0.1) is 0 Å². The molecular formula is C60H59N3. The molecule has 3 aromatic heterocycles. The van der Waals surface area contributed by atoms with Crippen LogP contribution in [0.1, 0.15) is 104 Å². The van der Waals surface area contributed by atoms with E-state index in [-0.39, 0.29) is 34.1 Å². The van der Waals surface area contributed by atoms with Crippen LogP contribution < -0.4 is 0 Å². The molecule has 1 saturated carbocycles. The topological polar surface area (TPSA) is 38.7 Å². The summed E-state index contributed by atoms with van der Waals surface area (Å²) in [5, 5.41) is 0. The van der Waals surface area contributed by atoms with E-state index in [1.807, 2.05) is 109 Å². The van der Waals surface area contributed by atoms with Crippen LogP contribution in [-0.2, 0) is 38.4 Å². The van der Waals surface area contributed by atoms with Crippen molar-refractivity contribution in [3.63, 3.8) is 0 Å². The normalized spacial score (nSPS) is 17.6. The Morgan fingerprint density at radius 2 is 1.05 bits per heavy atom. The fourth-order valence-corrected chi connectivity index (χ4v) is 8.30. The molecule has 0 unspecified atom stereocenters. The van der Waals surface area contributed by atoms with Gasteiger partial charge in [-0.3, -0.25) is 15.0 Å². The minimum atomic E-state index is -2.71. The Hall–Kier alpha value is -6.45. The predicted octanol–water partition coefficient (Wildman–Crippen LogP) is 14.9. The van der Waals surface area contributed by atoms with Gasteiger partial charge < -0.3 is 0 Å². The Morgan fingerprint density at radius 1 is 0.508 bits per heavy atom. The van der Waals surface area contributed by atoms with Crippen LogP contribution in [0.4, 0.5) is 0 Å². The van der Waals surface area contributed by atoms with Gasteiger partial charge in [0.2, 0.25) is 0 Å². The van der Waals surface area contributed by atoms with Crippen molar-refractivity contribution in [3.8, 4) is 44.9 Å². The molecule has 63 heavy (non-hydrogen) atoms. The fourth-order valence-electron chi connectivity index (χ4n) is 8.30. The lowest BCUT2D eigenvalue weighted by Crippen LogP contribution is -2.20. The zero-order chi connectivity index (χ0) is 51.8. The Labute approximate surface area is 389 Å². The molecule has 3 heterocycles. The lowest BCUT2D eigenvalue weighted by atomic mass is 9.71. The fraction of sp³-hybridized carbons (Fsp3) is 0.250. The molecule has 0 saturated heterocycles. The molecule has 314 valence electrons. The zero-order valence-electron chi connectivity index (χ0n) is 46.0. The summed E-state index contributed by atoms with van der Waals surface area (Å²) in [6, 6.07) is 48.0. The van der Waals surface area contributed by atoms with Crippen molar-refractivity contribution in [1.29, 1.82) is 0 Å². The molecule has 0 N–H and O–H groups in total. The summed E-state index contributed by atoms with van der Waals surface area (Å²) in [5.41, 5.74) is 9.44. The van der Waals surface area contributed by atoms with Gasteiger partial charge in [0.25, 0.3) is 0 Å². The largest absolute Gasteiger partial charge is 0.256 e. The molecular weight excluding hydrogens is 763 g/mol. The van der Waals surface area contributed by atoms with Crippen LogP contribution in [0.25, 0.3) is 44.9 Å². The average molecular weight is 832 g/mol. The summed E-state index contributed by atoms with van der Waals surface area (Å²) < 4.78 is 91.1. The van der Waals surface area contributed by atoms with E-state index in [0.29, 0.717) is 46.5 Å². The Morgan fingerprint density at radius 3 is 1.67 bits per heavy atom. The van der Waals surface area contributed by atoms with Gasteiger partial charge in [0.05, 0.1) is 17.1 Å². The molecule has 3 nitrogen and oxygen atoms in total. The number of aryl methyl sites for hydroxylation is 7. The van der Waals surface area contributed by atoms with Crippen LogP contribution in [0.3, 0.4) is 0 Å².